The predicted octanol–water partition coefficient (Wildman–Crippen LogP) is 2.99. The molecule has 2 aliphatic rings. The number of carbonyl (C=O) groups is 1. The van der Waals surface area contributed by atoms with Crippen LogP contribution in [0.4, 0.5) is 5.82 Å². The lowest BCUT2D eigenvalue weighted by molar-refractivity contribution is -0.119. The Morgan fingerprint density at radius 2 is 1.85 bits per heavy atom. The molecule has 0 unspecified atom stereocenters. The number of anilines is 1. The first kappa shape index (κ1) is 19.6. The summed E-state index contributed by atoms with van der Waals surface area (Å²) in [5.74, 6) is 1.62. The molecule has 1 aliphatic heterocycles. The van der Waals surface area contributed by atoms with E-state index in [-0.39, 0.29) is 5.91 Å². The highest BCUT2D eigenvalue weighted by Gasteiger charge is 2.24. The zero-order valence-electron chi connectivity index (χ0n) is 15.3. The molecule has 0 spiro atoms. The fourth-order valence-electron chi connectivity index (χ4n) is 3.99. The number of nitrogens with one attached hydrogen (secondary N) is 1. The summed E-state index contributed by atoms with van der Waals surface area (Å²) in [7, 11) is 0. The molecule has 26 heavy (non-hydrogen) atoms. The van der Waals surface area contributed by atoms with Gasteiger partial charge in [0.25, 0.3) is 0 Å². The summed E-state index contributed by atoms with van der Waals surface area (Å²) in [6, 6.07) is 0.386. The SMILES string of the molecule is CC(=O)NC1CCC(CCN2CCN(c3ncnc(Cl)c3Cl)CC2)CC1. The molecule has 0 atom stereocenters. The number of carbonyl (C=O) groups excluding carboxylic acids is 1. The van der Waals surface area contributed by atoms with Gasteiger partial charge in [0, 0.05) is 39.1 Å². The van der Waals surface area contributed by atoms with Gasteiger partial charge >= 0.3 is 0 Å². The van der Waals surface area contributed by atoms with Gasteiger partial charge in [0.1, 0.15) is 11.3 Å². The Labute approximate surface area is 165 Å². The fraction of sp³-hybridized carbons (Fsp3) is 0.722. The summed E-state index contributed by atoms with van der Waals surface area (Å²) < 4.78 is 0. The van der Waals surface area contributed by atoms with Crippen LogP contribution in [0.1, 0.15) is 39.0 Å². The molecule has 1 saturated heterocycles. The minimum atomic E-state index is 0.0939. The van der Waals surface area contributed by atoms with Gasteiger partial charge in [0.2, 0.25) is 5.91 Å². The molecule has 1 saturated carbocycles. The van der Waals surface area contributed by atoms with Crippen LogP contribution in [0, 0.1) is 5.92 Å². The molecule has 144 valence electrons. The Hall–Kier alpha value is -1.11. The average molecular weight is 400 g/mol. The first-order valence-corrected chi connectivity index (χ1v) is 10.2. The van der Waals surface area contributed by atoms with Crippen molar-refractivity contribution in [3.8, 4) is 0 Å². The zero-order valence-corrected chi connectivity index (χ0v) is 16.8. The summed E-state index contributed by atoms with van der Waals surface area (Å²) in [6.07, 6.45) is 7.38. The fourth-order valence-corrected chi connectivity index (χ4v) is 4.34. The number of aromatic nitrogens is 2. The summed E-state index contributed by atoms with van der Waals surface area (Å²) >= 11 is 12.2. The Balaban J connectivity index is 1.38. The molecule has 0 aromatic carbocycles. The van der Waals surface area contributed by atoms with Gasteiger partial charge in [0.15, 0.2) is 11.0 Å². The molecule has 8 heteroatoms. The molecule has 3 rings (SSSR count). The van der Waals surface area contributed by atoms with Gasteiger partial charge in [0.05, 0.1) is 0 Å². The van der Waals surface area contributed by atoms with Crippen molar-refractivity contribution in [3.63, 3.8) is 0 Å². The van der Waals surface area contributed by atoms with E-state index in [2.05, 4.69) is 25.1 Å². The van der Waals surface area contributed by atoms with Gasteiger partial charge in [-0.05, 0) is 44.6 Å². The van der Waals surface area contributed by atoms with Crippen LogP contribution in [0.2, 0.25) is 10.2 Å². The van der Waals surface area contributed by atoms with Crippen LogP contribution < -0.4 is 10.2 Å². The van der Waals surface area contributed by atoms with Gasteiger partial charge in [-0.25, -0.2) is 9.97 Å². The van der Waals surface area contributed by atoms with E-state index in [9.17, 15) is 4.79 Å². The van der Waals surface area contributed by atoms with Crippen molar-refractivity contribution < 1.29 is 4.79 Å². The number of amides is 1. The first-order chi connectivity index (χ1) is 12.5. The highest BCUT2D eigenvalue weighted by molar-refractivity contribution is 6.42. The lowest BCUT2D eigenvalue weighted by Crippen LogP contribution is -2.47. The topological polar surface area (TPSA) is 61.4 Å². The number of halogens is 2. The largest absolute Gasteiger partial charge is 0.354 e. The molecule has 0 radical (unpaired) electrons. The second-order valence-corrected chi connectivity index (χ2v) is 8.07. The van der Waals surface area contributed by atoms with Crippen molar-refractivity contribution >= 4 is 34.9 Å². The molecule has 2 heterocycles. The van der Waals surface area contributed by atoms with Gasteiger partial charge in [-0.2, -0.15) is 0 Å². The van der Waals surface area contributed by atoms with Crippen LogP contribution in [0.3, 0.4) is 0 Å². The lowest BCUT2D eigenvalue weighted by atomic mass is 9.84. The number of nitrogens with zero attached hydrogens (tertiary/aromatic N) is 4. The number of rotatable bonds is 5. The summed E-state index contributed by atoms with van der Waals surface area (Å²) in [5.41, 5.74) is 0. The maximum atomic E-state index is 11.1. The average Bonchev–Trinajstić information content (AvgIpc) is 2.63. The highest BCUT2D eigenvalue weighted by atomic mass is 35.5. The Bertz CT molecular complexity index is 614. The van der Waals surface area contributed by atoms with E-state index in [0.29, 0.717) is 16.2 Å². The number of hydrogen-bond acceptors (Lipinski definition) is 5. The van der Waals surface area contributed by atoms with Crippen molar-refractivity contribution in [2.75, 3.05) is 37.6 Å². The zero-order chi connectivity index (χ0) is 18.5. The molecule has 2 fully saturated rings. The third kappa shape index (κ3) is 5.21. The van der Waals surface area contributed by atoms with Crippen molar-refractivity contribution in [3.05, 3.63) is 16.5 Å². The second kappa shape index (κ2) is 9.20. The quantitative estimate of drug-likeness (QED) is 0.770. The normalized spacial score (nSPS) is 24.5. The van der Waals surface area contributed by atoms with E-state index in [1.807, 2.05) is 0 Å². The van der Waals surface area contributed by atoms with Crippen LogP contribution in [0.25, 0.3) is 0 Å². The van der Waals surface area contributed by atoms with Crippen molar-refractivity contribution in [2.24, 2.45) is 5.92 Å². The van der Waals surface area contributed by atoms with Crippen LogP contribution in [-0.4, -0.2) is 59.5 Å². The van der Waals surface area contributed by atoms with E-state index >= 15 is 0 Å². The molecule has 1 aliphatic carbocycles. The Morgan fingerprint density at radius 3 is 2.50 bits per heavy atom. The molecule has 6 nitrogen and oxygen atoms in total. The molecule has 1 N–H and O–H groups in total. The van der Waals surface area contributed by atoms with E-state index in [1.54, 1.807) is 6.92 Å². The summed E-state index contributed by atoms with van der Waals surface area (Å²) in [6.45, 7) is 6.58. The van der Waals surface area contributed by atoms with Crippen molar-refractivity contribution in [1.29, 1.82) is 0 Å². The van der Waals surface area contributed by atoms with E-state index in [4.69, 9.17) is 23.2 Å². The van der Waals surface area contributed by atoms with Crippen LogP contribution in [0.15, 0.2) is 6.33 Å². The highest BCUT2D eigenvalue weighted by Crippen LogP contribution is 2.30. The maximum absolute atomic E-state index is 11.1. The summed E-state index contributed by atoms with van der Waals surface area (Å²) in [5, 5.41) is 3.81. The number of hydrogen-bond donors (Lipinski definition) is 1. The molecular weight excluding hydrogens is 373 g/mol. The van der Waals surface area contributed by atoms with Gasteiger partial charge < -0.3 is 10.2 Å². The summed E-state index contributed by atoms with van der Waals surface area (Å²) in [4.78, 5) is 24.1. The Morgan fingerprint density at radius 1 is 1.15 bits per heavy atom. The number of piperazine rings is 1. The monoisotopic (exact) mass is 399 g/mol. The van der Waals surface area contributed by atoms with Gasteiger partial charge in [-0.15, -0.1) is 0 Å². The van der Waals surface area contributed by atoms with E-state index in [0.717, 1.165) is 57.3 Å². The smallest absolute Gasteiger partial charge is 0.217 e. The molecular formula is C18H27Cl2N5O. The predicted molar refractivity (Wildman–Crippen MR) is 105 cm³/mol. The van der Waals surface area contributed by atoms with Gasteiger partial charge in [-0.1, -0.05) is 23.2 Å². The van der Waals surface area contributed by atoms with Crippen LogP contribution in [-0.2, 0) is 4.79 Å². The van der Waals surface area contributed by atoms with Crippen molar-refractivity contribution in [2.45, 2.75) is 45.1 Å². The lowest BCUT2D eigenvalue weighted by Gasteiger charge is -2.37. The van der Waals surface area contributed by atoms with Gasteiger partial charge in [-0.3, -0.25) is 9.69 Å². The minimum absolute atomic E-state index is 0.0939. The third-order valence-corrected chi connectivity index (χ3v) is 6.24. The van der Waals surface area contributed by atoms with E-state index in [1.165, 1.54) is 25.6 Å². The first-order valence-electron chi connectivity index (χ1n) is 9.43. The Kier molecular flexibility index (Phi) is 6.95. The molecule has 1 aromatic heterocycles. The molecule has 0 bridgehead atoms. The van der Waals surface area contributed by atoms with E-state index < -0.39 is 0 Å². The second-order valence-electron chi connectivity index (χ2n) is 7.34. The van der Waals surface area contributed by atoms with Crippen LogP contribution in [0.5, 0.6) is 0 Å². The molecule has 1 amide bonds. The van der Waals surface area contributed by atoms with Crippen LogP contribution >= 0.6 is 23.2 Å². The minimum Gasteiger partial charge on any atom is -0.354 e. The third-order valence-electron chi connectivity index (χ3n) is 5.51. The maximum Gasteiger partial charge on any atom is 0.217 e. The molecule has 1 aromatic rings. The van der Waals surface area contributed by atoms with Crippen molar-refractivity contribution in [1.82, 2.24) is 20.2 Å². The standard InChI is InChI=1S/C18H27Cl2N5O/c1-13(26)23-15-4-2-14(3-5-15)6-7-24-8-10-25(11-9-24)18-16(19)17(20)21-12-22-18/h12,14-15H,2-11H2,1H3,(H,23,26).